The molecule has 1 heterocycles. The summed E-state index contributed by atoms with van der Waals surface area (Å²) in [6.45, 7) is 1.53. The van der Waals surface area contributed by atoms with Gasteiger partial charge in [-0.1, -0.05) is 36.4 Å². The second-order valence-electron chi connectivity index (χ2n) is 7.06. The SMILES string of the molecule is Cl.Cl.NC(CC(=O)NC1CCCN(Cc2c(F)cccc2F)C1)c1ccccc1. The topological polar surface area (TPSA) is 58.4 Å². The van der Waals surface area contributed by atoms with Crippen molar-refractivity contribution in [1.29, 1.82) is 0 Å². The molecule has 2 unspecified atom stereocenters. The van der Waals surface area contributed by atoms with Crippen molar-refractivity contribution in [3.63, 3.8) is 0 Å². The lowest BCUT2D eigenvalue weighted by Crippen LogP contribution is -2.47. The maximum atomic E-state index is 13.9. The summed E-state index contributed by atoms with van der Waals surface area (Å²) >= 11 is 0. The number of benzene rings is 2. The molecule has 0 aliphatic carbocycles. The van der Waals surface area contributed by atoms with Crippen LogP contribution in [0.1, 0.15) is 36.4 Å². The van der Waals surface area contributed by atoms with Crippen LogP contribution < -0.4 is 11.1 Å². The number of nitrogens with two attached hydrogens (primary N) is 1. The first-order valence-electron chi connectivity index (χ1n) is 9.28. The van der Waals surface area contributed by atoms with Gasteiger partial charge in [-0.3, -0.25) is 9.69 Å². The van der Waals surface area contributed by atoms with E-state index < -0.39 is 11.6 Å². The number of carbonyl (C=O) groups excluding carboxylic acids is 1. The van der Waals surface area contributed by atoms with E-state index in [1.165, 1.54) is 18.2 Å². The molecule has 2 atom stereocenters. The van der Waals surface area contributed by atoms with Crippen molar-refractivity contribution in [2.45, 2.75) is 37.9 Å². The molecule has 0 bridgehead atoms. The van der Waals surface area contributed by atoms with E-state index in [1.54, 1.807) is 0 Å². The molecular weight excluding hydrogens is 419 g/mol. The molecule has 3 N–H and O–H groups in total. The lowest BCUT2D eigenvalue weighted by atomic mass is 10.0. The second-order valence-corrected chi connectivity index (χ2v) is 7.06. The summed E-state index contributed by atoms with van der Waals surface area (Å²) in [4.78, 5) is 14.3. The van der Waals surface area contributed by atoms with Gasteiger partial charge < -0.3 is 11.1 Å². The van der Waals surface area contributed by atoms with Crippen LogP contribution in [0.25, 0.3) is 0 Å². The van der Waals surface area contributed by atoms with E-state index >= 15 is 0 Å². The summed E-state index contributed by atoms with van der Waals surface area (Å²) in [5.41, 5.74) is 7.11. The zero-order valence-corrected chi connectivity index (χ0v) is 17.7. The maximum absolute atomic E-state index is 13.9. The van der Waals surface area contributed by atoms with E-state index in [0.29, 0.717) is 6.54 Å². The third-order valence-electron chi connectivity index (χ3n) is 4.95. The Kier molecular flexibility index (Phi) is 10.5. The zero-order valence-electron chi connectivity index (χ0n) is 16.0. The fourth-order valence-electron chi connectivity index (χ4n) is 3.53. The number of nitrogens with zero attached hydrogens (tertiary/aromatic N) is 1. The van der Waals surface area contributed by atoms with Crippen LogP contribution >= 0.6 is 24.8 Å². The van der Waals surface area contributed by atoms with E-state index in [1.807, 2.05) is 35.2 Å². The second kappa shape index (κ2) is 12.1. The highest BCUT2D eigenvalue weighted by Crippen LogP contribution is 2.19. The number of halogens is 4. The number of amides is 1. The molecule has 0 aromatic heterocycles. The van der Waals surface area contributed by atoms with Crippen molar-refractivity contribution >= 4 is 30.7 Å². The van der Waals surface area contributed by atoms with Gasteiger partial charge in [0.15, 0.2) is 0 Å². The maximum Gasteiger partial charge on any atom is 0.222 e. The summed E-state index contributed by atoms with van der Waals surface area (Å²) < 4.78 is 27.7. The smallest absolute Gasteiger partial charge is 0.222 e. The third kappa shape index (κ3) is 7.23. The molecule has 3 rings (SSSR count). The minimum Gasteiger partial charge on any atom is -0.352 e. The highest BCUT2D eigenvalue weighted by molar-refractivity contribution is 5.85. The highest BCUT2D eigenvalue weighted by atomic mass is 35.5. The lowest BCUT2D eigenvalue weighted by molar-refractivity contribution is -0.122. The standard InChI is InChI=1S/C21H25F2N3O.2ClH/c22-18-9-4-10-19(23)17(18)14-26-11-5-8-16(13-26)25-21(27)12-20(24)15-6-2-1-3-7-15;;/h1-4,6-7,9-10,16,20H,5,8,11-14,24H2,(H,25,27);2*1H. The number of hydrogen-bond acceptors (Lipinski definition) is 3. The molecule has 0 spiro atoms. The average molecular weight is 446 g/mol. The first-order valence-corrected chi connectivity index (χ1v) is 9.28. The van der Waals surface area contributed by atoms with Crippen LogP contribution in [-0.2, 0) is 11.3 Å². The van der Waals surface area contributed by atoms with Gasteiger partial charge in [0.25, 0.3) is 0 Å². The molecule has 160 valence electrons. The highest BCUT2D eigenvalue weighted by Gasteiger charge is 2.24. The van der Waals surface area contributed by atoms with Crippen LogP contribution in [-0.4, -0.2) is 29.9 Å². The molecule has 1 amide bonds. The summed E-state index contributed by atoms with van der Waals surface area (Å²) in [7, 11) is 0. The van der Waals surface area contributed by atoms with Gasteiger partial charge in [-0.05, 0) is 37.1 Å². The third-order valence-corrected chi connectivity index (χ3v) is 4.95. The first-order chi connectivity index (χ1) is 13.0. The fourth-order valence-corrected chi connectivity index (χ4v) is 3.53. The largest absolute Gasteiger partial charge is 0.352 e. The summed E-state index contributed by atoms with van der Waals surface area (Å²) in [5.74, 6) is -1.17. The molecule has 1 aliphatic rings. The molecule has 4 nitrogen and oxygen atoms in total. The number of nitrogens with one attached hydrogen (secondary N) is 1. The first kappa shape index (κ1) is 25.3. The van der Waals surface area contributed by atoms with Gasteiger partial charge in [-0.2, -0.15) is 0 Å². The Balaban J connectivity index is 0.00000210. The fraction of sp³-hybridized carbons (Fsp3) is 0.381. The summed E-state index contributed by atoms with van der Waals surface area (Å²) in [6, 6.07) is 13.0. The van der Waals surface area contributed by atoms with Crippen molar-refractivity contribution in [3.8, 4) is 0 Å². The monoisotopic (exact) mass is 445 g/mol. The molecule has 1 fully saturated rings. The minimum atomic E-state index is -0.532. The average Bonchev–Trinajstić information content (AvgIpc) is 2.66. The van der Waals surface area contributed by atoms with Gasteiger partial charge in [-0.25, -0.2) is 8.78 Å². The zero-order chi connectivity index (χ0) is 19.2. The summed E-state index contributed by atoms with van der Waals surface area (Å²) in [6.07, 6.45) is 1.93. The van der Waals surface area contributed by atoms with Crippen LogP contribution in [0.2, 0.25) is 0 Å². The van der Waals surface area contributed by atoms with Crippen LogP contribution in [0.5, 0.6) is 0 Å². The van der Waals surface area contributed by atoms with Crippen LogP contribution in [0, 0.1) is 11.6 Å². The van der Waals surface area contributed by atoms with E-state index in [9.17, 15) is 13.6 Å². The summed E-state index contributed by atoms with van der Waals surface area (Å²) in [5, 5.41) is 3.02. The van der Waals surface area contributed by atoms with E-state index in [-0.39, 0.29) is 61.3 Å². The van der Waals surface area contributed by atoms with Crippen molar-refractivity contribution < 1.29 is 13.6 Å². The van der Waals surface area contributed by atoms with Gasteiger partial charge in [-0.15, -0.1) is 24.8 Å². The van der Waals surface area contributed by atoms with E-state index in [2.05, 4.69) is 5.32 Å². The molecule has 0 radical (unpaired) electrons. The molecule has 1 saturated heterocycles. The Morgan fingerprint density at radius 2 is 1.76 bits per heavy atom. The molecule has 8 heteroatoms. The molecule has 2 aromatic carbocycles. The molecule has 1 aliphatic heterocycles. The molecule has 2 aromatic rings. The number of hydrogen-bond donors (Lipinski definition) is 2. The van der Waals surface area contributed by atoms with Gasteiger partial charge >= 0.3 is 0 Å². The predicted octanol–water partition coefficient (Wildman–Crippen LogP) is 3.98. The molecule has 0 saturated carbocycles. The predicted molar refractivity (Wildman–Crippen MR) is 115 cm³/mol. The van der Waals surface area contributed by atoms with E-state index in [0.717, 1.165) is 24.9 Å². The Bertz CT molecular complexity index is 760. The van der Waals surface area contributed by atoms with Crippen LogP contribution in [0.3, 0.4) is 0 Å². The molecular formula is C21H27Cl2F2N3O. The lowest BCUT2D eigenvalue weighted by Gasteiger charge is -2.33. The van der Waals surface area contributed by atoms with Crippen molar-refractivity contribution in [2.75, 3.05) is 13.1 Å². The van der Waals surface area contributed by atoms with Gasteiger partial charge in [0.2, 0.25) is 5.91 Å². The van der Waals surface area contributed by atoms with Crippen molar-refractivity contribution in [3.05, 3.63) is 71.3 Å². The van der Waals surface area contributed by atoms with Gasteiger partial charge in [0.05, 0.1) is 0 Å². The Labute approximate surface area is 182 Å². The Morgan fingerprint density at radius 1 is 1.10 bits per heavy atom. The van der Waals surface area contributed by atoms with Crippen molar-refractivity contribution in [1.82, 2.24) is 10.2 Å². The number of rotatable bonds is 6. The molecule has 29 heavy (non-hydrogen) atoms. The van der Waals surface area contributed by atoms with Crippen LogP contribution in [0.4, 0.5) is 8.78 Å². The van der Waals surface area contributed by atoms with Crippen LogP contribution in [0.15, 0.2) is 48.5 Å². The Morgan fingerprint density at radius 3 is 2.41 bits per heavy atom. The number of piperidine rings is 1. The van der Waals surface area contributed by atoms with Gasteiger partial charge in [0.1, 0.15) is 11.6 Å². The Hall–Kier alpha value is -1.73. The normalized spacial score (nSPS) is 17.6. The van der Waals surface area contributed by atoms with Gasteiger partial charge in [0, 0.05) is 37.2 Å². The number of carbonyl (C=O) groups is 1. The minimum absolute atomic E-state index is 0. The quantitative estimate of drug-likeness (QED) is 0.706. The van der Waals surface area contributed by atoms with E-state index in [4.69, 9.17) is 5.73 Å². The number of likely N-dealkylation sites (tertiary alicyclic amines) is 1. The van der Waals surface area contributed by atoms with Crippen molar-refractivity contribution in [2.24, 2.45) is 5.73 Å².